The number of sulfonamides is 1. The summed E-state index contributed by atoms with van der Waals surface area (Å²) >= 11 is 1.51. The zero-order chi connectivity index (χ0) is 89.6. The lowest BCUT2D eigenvalue weighted by atomic mass is 9.86. The van der Waals surface area contributed by atoms with Crippen molar-refractivity contribution in [3.8, 4) is 112 Å². The van der Waals surface area contributed by atoms with Crippen molar-refractivity contribution in [1.82, 2.24) is 24.1 Å². The molecule has 3 heterocycles. The number of hydrogen-bond donors (Lipinski definition) is 4. The molecule has 10 aromatic carbocycles. The Morgan fingerprint density at radius 3 is 1.35 bits per heavy atom. The number of benzene rings is 10. The molecule has 0 radical (unpaired) electrons. The highest BCUT2D eigenvalue weighted by Gasteiger charge is 2.30. The maximum atomic E-state index is 14.0. The maximum absolute atomic E-state index is 14.0. The van der Waals surface area contributed by atoms with Crippen molar-refractivity contribution in [3.05, 3.63) is 239 Å². The number of aryl methyl sites for hydroxylation is 4. The number of aromatic nitrogens is 5. The number of rotatable bonds is 22. The van der Waals surface area contributed by atoms with Gasteiger partial charge >= 0.3 is 0 Å². The first kappa shape index (κ1) is 91.0. The molecule has 640 valence electrons. The van der Waals surface area contributed by atoms with Gasteiger partial charge in [-0.1, -0.05) is 133 Å². The minimum atomic E-state index is -4.01. The van der Waals surface area contributed by atoms with Gasteiger partial charge in [0.15, 0.2) is 0 Å². The predicted molar refractivity (Wildman–Crippen MR) is 514 cm³/mol. The molecule has 20 nitrogen and oxygen atoms in total. The van der Waals surface area contributed by atoms with E-state index < -0.39 is 10.0 Å². The minimum Gasteiger partial charge on any atom is -0.494 e. The van der Waals surface area contributed by atoms with Crippen molar-refractivity contribution in [2.75, 3.05) is 111 Å². The van der Waals surface area contributed by atoms with Crippen molar-refractivity contribution in [1.29, 1.82) is 0 Å². The average molecular weight is 1690 g/mol. The number of anilines is 8. The van der Waals surface area contributed by atoms with Crippen LogP contribution in [0, 0.1) is 34.6 Å². The van der Waals surface area contributed by atoms with Crippen LogP contribution in [0.15, 0.2) is 205 Å². The van der Waals surface area contributed by atoms with E-state index in [1.165, 1.54) is 91.0 Å². The molecule has 0 aliphatic heterocycles. The van der Waals surface area contributed by atoms with E-state index >= 15 is 0 Å². The van der Waals surface area contributed by atoms with Crippen LogP contribution in [0.2, 0.25) is 0 Å². The number of carbonyl (C=O) groups is 3. The Kier molecular flexibility index (Phi) is 27.9. The van der Waals surface area contributed by atoms with Crippen molar-refractivity contribution in [2.45, 2.75) is 126 Å². The summed E-state index contributed by atoms with van der Waals surface area (Å²) in [7, 11) is 16.7. The monoisotopic (exact) mass is 1690 g/mol. The van der Waals surface area contributed by atoms with Gasteiger partial charge in [-0.2, -0.15) is 0 Å². The molecule has 4 N–H and O–H groups in total. The first-order valence-electron chi connectivity index (χ1n) is 41.1. The van der Waals surface area contributed by atoms with Gasteiger partial charge in [0.05, 0.1) is 58.1 Å². The van der Waals surface area contributed by atoms with E-state index in [-0.39, 0.29) is 33.4 Å². The largest absolute Gasteiger partial charge is 0.494 e. The number of amides is 3. The Bertz CT molecular complexity index is 6080. The van der Waals surface area contributed by atoms with Crippen LogP contribution in [0.5, 0.6) is 11.5 Å². The van der Waals surface area contributed by atoms with Crippen molar-refractivity contribution in [2.24, 2.45) is 7.05 Å². The van der Waals surface area contributed by atoms with Crippen molar-refractivity contribution in [3.63, 3.8) is 0 Å². The second kappa shape index (κ2) is 37.7. The lowest BCUT2D eigenvalue weighted by Crippen LogP contribution is -2.16. The Morgan fingerprint density at radius 2 is 0.870 bits per heavy atom. The van der Waals surface area contributed by atoms with E-state index in [1.54, 1.807) is 30.3 Å². The second-order valence-electron chi connectivity index (χ2n) is 34.0. The smallest absolute Gasteiger partial charge is 0.262 e. The normalized spacial score (nSPS) is 11.4. The first-order chi connectivity index (χ1) is 58.1. The Morgan fingerprint density at radius 1 is 0.439 bits per heavy atom. The summed E-state index contributed by atoms with van der Waals surface area (Å²) in [5.41, 5.74) is 27.6. The Labute approximate surface area is 731 Å². The minimum absolute atomic E-state index is 0.120. The number of imidazole rings is 2. The molecule has 0 atom stereocenters. The summed E-state index contributed by atoms with van der Waals surface area (Å²) in [6.07, 6.45) is 0. The summed E-state index contributed by atoms with van der Waals surface area (Å²) in [5, 5.41) is 9.46. The lowest BCUT2D eigenvalue weighted by Gasteiger charge is -2.20. The highest BCUT2D eigenvalue weighted by atomic mass is 32.2. The number of ether oxygens (including phenoxy) is 2. The standard InChI is InChI=1S/C35H37N5O3S2.C34H42N2.C32H38N6O4/c1-22-19-26(20-23(2)32(22)36-24(3)41)35-37-33(34(44-35)25-13-15-28(16-14-25)39(4)5)30-18-17-29(40(6)7)21-31(30)45(42,43)38-27-11-9-8-10-12-27;1-11-36-31(26-14-18-29(19-15-26)34(8,9)10)30(25-12-16-28(17-13-25)33(5,6)7)35-32(36)27-20-22(2)24(4)23(3)21-27;1-19(39)33-26-18-24(37(5)6)14-15-25(26)29-31(21-10-12-23(13-11-21)36(3)4)38(7)32(35-29)22-16-27(41-8)30(34-20(2)40)28(17-22)42-9/h8-21,38H,1-7H3,(H,36,41);12-21H,11H2,1-10H3;10-18H,1-9H3,(H,33,39)(H,34,40). The quantitative estimate of drug-likeness (QED) is 0.0497. The third-order valence-electron chi connectivity index (χ3n) is 21.8. The molecule has 3 aromatic heterocycles. The number of hydrogen-bond acceptors (Lipinski definition) is 15. The third kappa shape index (κ3) is 20.7. The van der Waals surface area contributed by atoms with Crippen LogP contribution < -0.4 is 49.7 Å². The van der Waals surface area contributed by atoms with Gasteiger partial charge in [-0.25, -0.2) is 23.4 Å². The van der Waals surface area contributed by atoms with Crippen LogP contribution in [0.25, 0.3) is 100 Å². The van der Waals surface area contributed by atoms with E-state index in [9.17, 15) is 22.8 Å². The van der Waals surface area contributed by atoms with E-state index in [0.29, 0.717) is 51.3 Å². The fourth-order valence-electron chi connectivity index (χ4n) is 14.9. The molecule has 0 spiro atoms. The second-order valence-corrected chi connectivity index (χ2v) is 36.6. The molecule has 0 fully saturated rings. The van der Waals surface area contributed by atoms with Gasteiger partial charge in [0.25, 0.3) is 10.0 Å². The Hall–Kier alpha value is -12.8. The number of nitrogens with one attached hydrogen (secondary N) is 4. The zero-order valence-corrected chi connectivity index (χ0v) is 77.6. The van der Waals surface area contributed by atoms with Crippen LogP contribution in [-0.4, -0.2) is 121 Å². The highest BCUT2D eigenvalue weighted by Crippen LogP contribution is 2.48. The van der Waals surface area contributed by atoms with Gasteiger partial charge in [0.1, 0.15) is 33.8 Å². The van der Waals surface area contributed by atoms with Gasteiger partial charge < -0.3 is 54.2 Å². The van der Waals surface area contributed by atoms with Crippen LogP contribution in [0.3, 0.4) is 0 Å². The van der Waals surface area contributed by atoms with E-state index in [1.807, 2.05) is 186 Å². The van der Waals surface area contributed by atoms with Gasteiger partial charge in [-0.05, 0) is 206 Å². The summed E-state index contributed by atoms with van der Waals surface area (Å²) in [6.45, 7) is 31.6. The zero-order valence-electron chi connectivity index (χ0n) is 76.0. The van der Waals surface area contributed by atoms with Crippen molar-refractivity contribution < 1.29 is 32.3 Å². The maximum Gasteiger partial charge on any atom is 0.262 e. The molecule has 0 unspecified atom stereocenters. The van der Waals surface area contributed by atoms with E-state index in [2.05, 4.69) is 179 Å². The van der Waals surface area contributed by atoms with Gasteiger partial charge in [-0.3, -0.25) is 19.1 Å². The number of methoxy groups -OCH3 is 2. The molecular formula is C101H117N13O7S2. The van der Waals surface area contributed by atoms with Crippen LogP contribution in [0.1, 0.15) is 108 Å². The van der Waals surface area contributed by atoms with Gasteiger partial charge in [0, 0.05) is 169 Å². The molecule has 22 heteroatoms. The number of para-hydroxylation sites is 1. The van der Waals surface area contributed by atoms with Gasteiger partial charge in [0.2, 0.25) is 17.7 Å². The lowest BCUT2D eigenvalue weighted by molar-refractivity contribution is -0.115. The summed E-state index contributed by atoms with van der Waals surface area (Å²) in [4.78, 5) is 60.5. The highest BCUT2D eigenvalue weighted by molar-refractivity contribution is 7.92. The first-order valence-corrected chi connectivity index (χ1v) is 43.4. The molecule has 0 saturated carbocycles. The van der Waals surface area contributed by atoms with Gasteiger partial charge in [-0.15, -0.1) is 11.3 Å². The van der Waals surface area contributed by atoms with Crippen LogP contribution >= 0.6 is 11.3 Å². The summed E-state index contributed by atoms with van der Waals surface area (Å²) in [5.74, 6) is 2.01. The molecule has 13 aromatic rings. The topological polar surface area (TPSA) is 213 Å². The van der Waals surface area contributed by atoms with Crippen LogP contribution in [0.4, 0.5) is 45.5 Å². The molecule has 0 saturated heterocycles. The molecular weight excluding hydrogens is 1570 g/mol. The van der Waals surface area contributed by atoms with Crippen molar-refractivity contribution >= 4 is 84.6 Å². The predicted octanol–water partition coefficient (Wildman–Crippen LogP) is 22.6. The summed E-state index contributed by atoms with van der Waals surface area (Å²) < 4.78 is 46.5. The fourth-order valence-corrected chi connectivity index (χ4v) is 17.2. The summed E-state index contributed by atoms with van der Waals surface area (Å²) in [6, 6.07) is 66.9. The number of thiazole rings is 1. The molecule has 3 amide bonds. The van der Waals surface area contributed by atoms with E-state index in [4.69, 9.17) is 24.4 Å². The average Bonchev–Trinajstić information content (AvgIpc) is 1.60. The fraction of sp³-hybridized carbons (Fsp3) is 0.287. The Balaban J connectivity index is 0.000000181. The molecule has 123 heavy (non-hydrogen) atoms. The molecule has 0 aliphatic carbocycles. The third-order valence-corrected chi connectivity index (χ3v) is 24.4. The van der Waals surface area contributed by atoms with Crippen LogP contribution in [-0.2, 0) is 48.8 Å². The number of carbonyl (C=O) groups excluding carboxylic acids is 3. The SMILES string of the molecule is CC(=O)Nc1c(C)cc(-c2nc(-c3ccc(N(C)C)cc3S(=O)(=O)Nc3ccccc3)c(-c3ccc(N(C)C)cc3)s2)cc1C.CCn1c(-c2cc(C)c(C)c(C)c2)nc(-c2ccc(C(C)(C)C)cc2)c1-c1ccc(C(C)(C)C)cc1.COc1cc(-c2nc(-c3ccc(N(C)C)cc3NC(C)=O)c(-c3ccc(N(C)C)cc3)n2C)cc(OC)c1NC(C)=O. The number of nitrogens with zero attached hydrogens (tertiary/aromatic N) is 9. The van der Waals surface area contributed by atoms with E-state index in [0.717, 1.165) is 107 Å². The molecule has 13 rings (SSSR count). The molecule has 0 aliphatic rings. The molecule has 0 bridgehead atoms.